The van der Waals surface area contributed by atoms with Crippen molar-refractivity contribution in [1.82, 2.24) is 14.1 Å². The molecule has 71 heavy (non-hydrogen) atoms. The van der Waals surface area contributed by atoms with E-state index < -0.39 is 0 Å². The normalized spacial score (nSPS) is 16.4. The molecule has 0 aliphatic heterocycles. The summed E-state index contributed by atoms with van der Waals surface area (Å²) in [6.07, 6.45) is 8.11. The summed E-state index contributed by atoms with van der Waals surface area (Å²) >= 11 is 0. The Morgan fingerprint density at radius 3 is 1.76 bits per heavy atom. The largest absolute Gasteiger partial charge is 0.458 e. The molecular formula is C66H64N4O. The molecule has 0 amide bonds. The van der Waals surface area contributed by atoms with Crippen molar-refractivity contribution < 1.29 is 9.30 Å². The van der Waals surface area contributed by atoms with Gasteiger partial charge < -0.3 is 4.74 Å². The van der Waals surface area contributed by atoms with Crippen LogP contribution >= 0.6 is 0 Å². The molecule has 0 unspecified atom stereocenters. The van der Waals surface area contributed by atoms with Gasteiger partial charge in [-0.15, -0.1) is 0 Å². The summed E-state index contributed by atoms with van der Waals surface area (Å²) in [6.45, 7) is 26.0. The van der Waals surface area contributed by atoms with Crippen LogP contribution in [0.2, 0.25) is 0 Å². The summed E-state index contributed by atoms with van der Waals surface area (Å²) in [5, 5.41) is 2.34. The van der Waals surface area contributed by atoms with Gasteiger partial charge in [0.2, 0.25) is 0 Å². The lowest BCUT2D eigenvalue weighted by Gasteiger charge is -2.23. The van der Waals surface area contributed by atoms with Gasteiger partial charge in [0.1, 0.15) is 17.3 Å². The van der Waals surface area contributed by atoms with E-state index >= 15 is 0 Å². The predicted molar refractivity (Wildman–Crippen MR) is 293 cm³/mol. The van der Waals surface area contributed by atoms with E-state index in [2.05, 4.69) is 248 Å². The summed E-state index contributed by atoms with van der Waals surface area (Å²) in [4.78, 5) is 4.91. The summed E-state index contributed by atoms with van der Waals surface area (Å²) < 4.78 is 13.6. The highest BCUT2D eigenvalue weighted by Crippen LogP contribution is 2.52. The second-order valence-corrected chi connectivity index (χ2v) is 24.2. The Kier molecular flexibility index (Phi) is 9.89. The number of ether oxygens (including phenoxy) is 1. The Morgan fingerprint density at radius 2 is 1.10 bits per heavy atom. The molecule has 3 aromatic heterocycles. The van der Waals surface area contributed by atoms with Crippen molar-refractivity contribution in [3.63, 3.8) is 0 Å². The Labute approximate surface area is 419 Å². The van der Waals surface area contributed by atoms with Crippen LogP contribution in [0.1, 0.15) is 117 Å². The molecule has 2 aliphatic rings. The van der Waals surface area contributed by atoms with Crippen molar-refractivity contribution in [3.05, 3.63) is 198 Å². The molecule has 7 aromatic carbocycles. The Bertz CT molecular complexity index is 3700. The topological polar surface area (TPSA) is 35.9 Å². The fourth-order valence-corrected chi connectivity index (χ4v) is 13.1. The van der Waals surface area contributed by atoms with E-state index in [-0.39, 0.29) is 27.1 Å². The van der Waals surface area contributed by atoms with Gasteiger partial charge in [-0.1, -0.05) is 179 Å². The van der Waals surface area contributed by atoms with Crippen molar-refractivity contribution in [2.45, 2.75) is 116 Å². The quantitative estimate of drug-likeness (QED) is 0.118. The average molecular weight is 929 g/mol. The lowest BCUT2D eigenvalue weighted by atomic mass is 9.82. The maximum absolute atomic E-state index is 6.84. The monoisotopic (exact) mass is 929 g/mol. The smallest absolute Gasteiger partial charge is 0.269 e. The molecule has 0 atom stereocenters. The third kappa shape index (κ3) is 7.33. The number of pyridine rings is 1. The molecule has 12 rings (SSSR count). The van der Waals surface area contributed by atoms with E-state index in [1.165, 1.54) is 55.5 Å². The number of hydrogen-bond donors (Lipinski definition) is 0. The fraction of sp³-hybridized carbons (Fsp3) is 0.273. The molecule has 354 valence electrons. The fourth-order valence-electron chi connectivity index (χ4n) is 13.1. The van der Waals surface area contributed by atoms with Gasteiger partial charge in [-0.05, 0) is 139 Å². The third-order valence-electron chi connectivity index (χ3n) is 16.0. The Balaban J connectivity index is 1.000. The van der Waals surface area contributed by atoms with Crippen LogP contribution in [0.25, 0.3) is 72.3 Å². The first-order chi connectivity index (χ1) is 33.8. The van der Waals surface area contributed by atoms with Gasteiger partial charge in [-0.2, -0.15) is 0 Å². The molecule has 0 bridgehead atoms. The van der Waals surface area contributed by atoms with Crippen molar-refractivity contribution in [2.75, 3.05) is 0 Å². The number of hydrogen-bond acceptors (Lipinski definition) is 2. The molecule has 0 radical (unpaired) electrons. The molecule has 0 saturated carbocycles. The zero-order valence-corrected chi connectivity index (χ0v) is 43.2. The molecule has 0 saturated heterocycles. The third-order valence-corrected chi connectivity index (χ3v) is 16.0. The summed E-state index contributed by atoms with van der Waals surface area (Å²) in [6, 6.07) is 57.8. The van der Waals surface area contributed by atoms with Crippen molar-refractivity contribution in [2.24, 2.45) is 0 Å². The second-order valence-electron chi connectivity index (χ2n) is 24.2. The molecule has 0 fully saturated rings. The van der Waals surface area contributed by atoms with Crippen molar-refractivity contribution >= 4 is 32.8 Å². The molecular weight excluding hydrogens is 865 g/mol. The lowest BCUT2D eigenvalue weighted by Crippen LogP contribution is -2.31. The van der Waals surface area contributed by atoms with Gasteiger partial charge in [0.15, 0.2) is 0 Å². The lowest BCUT2D eigenvalue weighted by molar-refractivity contribution is -0.571. The van der Waals surface area contributed by atoms with Crippen LogP contribution < -0.4 is 9.30 Å². The van der Waals surface area contributed by atoms with E-state index in [1.807, 2.05) is 12.3 Å². The molecule has 3 heterocycles. The van der Waals surface area contributed by atoms with Crippen LogP contribution in [0.5, 0.6) is 11.5 Å². The van der Waals surface area contributed by atoms with Gasteiger partial charge in [0, 0.05) is 23.0 Å². The molecule has 10 aromatic rings. The summed E-state index contributed by atoms with van der Waals surface area (Å²) in [5.41, 5.74) is 18.5. The molecule has 5 heteroatoms. The molecule has 2 aliphatic carbocycles. The van der Waals surface area contributed by atoms with Crippen LogP contribution in [0.4, 0.5) is 0 Å². The molecule has 0 spiro atoms. The number of aromatic nitrogens is 4. The summed E-state index contributed by atoms with van der Waals surface area (Å²) in [7, 11) is 0. The minimum absolute atomic E-state index is 0.0167. The van der Waals surface area contributed by atoms with Gasteiger partial charge >= 0.3 is 0 Å². The SMILES string of the molecule is CC(C)(C)c1ccnc(-n2c3ccccc3c3ccc(Oc4cccc(-n5[c-][n+](-c6c(-c7ccc8c(c7)C(C)(C)CC8(C)C)cccc6-c6ccc7c(c6)C(C)(C)CC7(C)C)c6ccccc65)c4)cc32)c1. The van der Waals surface area contributed by atoms with Crippen LogP contribution in [-0.2, 0) is 27.1 Å². The highest BCUT2D eigenvalue weighted by atomic mass is 16.5. The van der Waals surface area contributed by atoms with Crippen LogP contribution in [0.3, 0.4) is 0 Å². The van der Waals surface area contributed by atoms with E-state index in [1.54, 1.807) is 0 Å². The minimum Gasteiger partial charge on any atom is -0.458 e. The highest BCUT2D eigenvalue weighted by molar-refractivity contribution is 6.09. The first kappa shape index (κ1) is 44.9. The Morgan fingerprint density at radius 1 is 0.521 bits per heavy atom. The molecule has 0 N–H and O–H groups in total. The number of para-hydroxylation sites is 4. The van der Waals surface area contributed by atoms with Crippen LogP contribution in [0, 0.1) is 6.33 Å². The predicted octanol–water partition coefficient (Wildman–Crippen LogP) is 16.5. The number of benzene rings is 7. The van der Waals surface area contributed by atoms with E-state index in [0.29, 0.717) is 0 Å². The standard InChI is InChI=1S/C66H64N4O/c1-62(2,3)44-32-33-67-60(36-44)70-56-23-13-12-20-50(56)51-29-28-47(38-59(51)70)71-46-19-16-18-45(37-46)68-41-69(58-25-15-14-24-57(58)68)61-48(42-26-30-52-54(34-42)65(8,9)39-63(52,4)5)21-17-22-49(61)43-27-31-53-55(35-43)66(10,11)40-64(53,6)7/h12-38H,39-40H2,1-11H3. The second kappa shape index (κ2) is 15.6. The van der Waals surface area contributed by atoms with Gasteiger partial charge in [-0.25, -0.2) is 4.98 Å². The zero-order valence-electron chi connectivity index (χ0n) is 43.2. The number of nitrogens with zero attached hydrogens (tertiary/aromatic N) is 4. The van der Waals surface area contributed by atoms with Crippen LogP contribution in [-0.4, -0.2) is 14.1 Å². The van der Waals surface area contributed by atoms with E-state index in [0.717, 1.165) is 69.0 Å². The average Bonchev–Trinajstić information content (AvgIpc) is 3.99. The van der Waals surface area contributed by atoms with Gasteiger partial charge in [-0.3, -0.25) is 13.7 Å². The first-order valence-corrected chi connectivity index (χ1v) is 25.5. The summed E-state index contributed by atoms with van der Waals surface area (Å²) in [5.74, 6) is 2.38. The van der Waals surface area contributed by atoms with Gasteiger partial charge in [0.05, 0.1) is 33.4 Å². The van der Waals surface area contributed by atoms with E-state index in [9.17, 15) is 0 Å². The minimum atomic E-state index is -0.0167. The number of rotatable bonds is 7. The molecule has 5 nitrogen and oxygen atoms in total. The highest BCUT2D eigenvalue weighted by Gasteiger charge is 2.43. The maximum Gasteiger partial charge on any atom is 0.269 e. The van der Waals surface area contributed by atoms with Crippen LogP contribution in [0.15, 0.2) is 164 Å². The number of imidazole rings is 1. The number of fused-ring (bicyclic) bond motifs is 6. The maximum atomic E-state index is 6.84. The van der Waals surface area contributed by atoms with Crippen molar-refractivity contribution in [3.8, 4) is 50.9 Å². The zero-order chi connectivity index (χ0) is 49.4. The van der Waals surface area contributed by atoms with Gasteiger partial charge in [0.25, 0.3) is 6.33 Å². The first-order valence-electron chi connectivity index (χ1n) is 25.5. The van der Waals surface area contributed by atoms with E-state index in [4.69, 9.17) is 9.72 Å². The van der Waals surface area contributed by atoms with Crippen molar-refractivity contribution in [1.29, 1.82) is 0 Å². The Hall–Kier alpha value is -7.24.